The van der Waals surface area contributed by atoms with Crippen LogP contribution in [0.15, 0.2) is 24.3 Å². The van der Waals surface area contributed by atoms with E-state index in [2.05, 4.69) is 45.0 Å². The van der Waals surface area contributed by atoms with E-state index in [4.69, 9.17) is 4.74 Å². The van der Waals surface area contributed by atoms with Crippen molar-refractivity contribution < 1.29 is 9.53 Å². The molecule has 0 radical (unpaired) electrons. The fourth-order valence-electron chi connectivity index (χ4n) is 1.79. The van der Waals surface area contributed by atoms with E-state index in [1.54, 1.807) is 0 Å². The summed E-state index contributed by atoms with van der Waals surface area (Å²) in [6.07, 6.45) is 0.676. The van der Waals surface area contributed by atoms with Gasteiger partial charge in [-0.25, -0.2) is 0 Å². The Morgan fingerprint density at radius 2 is 1.76 bits per heavy atom. The van der Waals surface area contributed by atoms with Crippen LogP contribution < -0.4 is 0 Å². The molecular formula is C15H22O2. The van der Waals surface area contributed by atoms with Gasteiger partial charge in [-0.2, -0.15) is 0 Å². The Morgan fingerprint density at radius 1 is 1.24 bits per heavy atom. The van der Waals surface area contributed by atoms with Gasteiger partial charge >= 0.3 is 5.97 Å². The first-order valence-corrected chi connectivity index (χ1v) is 6.12. The van der Waals surface area contributed by atoms with Crippen molar-refractivity contribution in [2.24, 2.45) is 0 Å². The smallest absolute Gasteiger partial charge is 0.303 e. The average Bonchev–Trinajstić information content (AvgIpc) is 2.24. The molecule has 0 aliphatic rings. The lowest BCUT2D eigenvalue weighted by Crippen LogP contribution is -2.12. The van der Waals surface area contributed by atoms with E-state index in [-0.39, 0.29) is 17.5 Å². The molecule has 0 fully saturated rings. The lowest BCUT2D eigenvalue weighted by atomic mass is 9.86. The zero-order chi connectivity index (χ0) is 13.1. The maximum atomic E-state index is 11.0. The highest BCUT2D eigenvalue weighted by Crippen LogP contribution is 2.26. The molecule has 1 aromatic rings. The number of carbonyl (C=O) groups excluding carboxylic acids is 1. The standard InChI is InChI=1S/C15H22O2/c1-6-14(17-11(2)16)12-7-9-13(10-8-12)15(3,4)5/h7-10,14H,6H2,1-5H3. The first-order valence-electron chi connectivity index (χ1n) is 6.12. The topological polar surface area (TPSA) is 26.3 Å². The quantitative estimate of drug-likeness (QED) is 0.739. The molecule has 1 unspecified atom stereocenters. The number of hydrogen-bond donors (Lipinski definition) is 0. The van der Waals surface area contributed by atoms with E-state index in [0.717, 1.165) is 12.0 Å². The van der Waals surface area contributed by atoms with Crippen LogP contribution in [0.5, 0.6) is 0 Å². The van der Waals surface area contributed by atoms with Crippen LogP contribution in [0.4, 0.5) is 0 Å². The Balaban J connectivity index is 2.89. The molecule has 0 amide bonds. The van der Waals surface area contributed by atoms with Gasteiger partial charge in [-0.15, -0.1) is 0 Å². The van der Waals surface area contributed by atoms with Crippen molar-refractivity contribution in [2.45, 2.75) is 52.6 Å². The van der Waals surface area contributed by atoms with Gasteiger partial charge in [-0.3, -0.25) is 4.79 Å². The average molecular weight is 234 g/mol. The van der Waals surface area contributed by atoms with Crippen LogP contribution in [0.3, 0.4) is 0 Å². The van der Waals surface area contributed by atoms with Gasteiger partial charge in [0, 0.05) is 6.92 Å². The Kier molecular flexibility index (Phi) is 4.33. The molecule has 0 spiro atoms. The second kappa shape index (κ2) is 5.35. The van der Waals surface area contributed by atoms with Crippen molar-refractivity contribution in [1.82, 2.24) is 0 Å². The van der Waals surface area contributed by atoms with Crippen LogP contribution >= 0.6 is 0 Å². The predicted molar refractivity (Wildman–Crippen MR) is 69.9 cm³/mol. The summed E-state index contributed by atoms with van der Waals surface area (Å²) in [5.41, 5.74) is 2.51. The van der Waals surface area contributed by atoms with Crippen LogP contribution in [-0.4, -0.2) is 5.97 Å². The molecule has 2 nitrogen and oxygen atoms in total. The van der Waals surface area contributed by atoms with E-state index in [9.17, 15) is 4.79 Å². The fraction of sp³-hybridized carbons (Fsp3) is 0.533. The van der Waals surface area contributed by atoms with Gasteiger partial charge < -0.3 is 4.74 Å². The lowest BCUT2D eigenvalue weighted by Gasteiger charge is -2.21. The van der Waals surface area contributed by atoms with Crippen molar-refractivity contribution >= 4 is 5.97 Å². The predicted octanol–water partition coefficient (Wildman–Crippen LogP) is 4.00. The van der Waals surface area contributed by atoms with Gasteiger partial charge in [0.25, 0.3) is 0 Å². The lowest BCUT2D eigenvalue weighted by molar-refractivity contribution is -0.146. The molecule has 1 aromatic carbocycles. The van der Waals surface area contributed by atoms with Gasteiger partial charge in [0.05, 0.1) is 0 Å². The fourth-order valence-corrected chi connectivity index (χ4v) is 1.79. The molecule has 94 valence electrons. The number of benzene rings is 1. The Bertz CT molecular complexity index is 371. The maximum absolute atomic E-state index is 11.0. The molecule has 0 aliphatic heterocycles. The molecule has 0 N–H and O–H groups in total. The van der Waals surface area contributed by atoms with Crippen molar-refractivity contribution in [3.05, 3.63) is 35.4 Å². The van der Waals surface area contributed by atoms with E-state index in [1.165, 1.54) is 12.5 Å². The molecule has 1 atom stereocenters. The number of rotatable bonds is 3. The van der Waals surface area contributed by atoms with Gasteiger partial charge in [-0.05, 0) is 23.0 Å². The van der Waals surface area contributed by atoms with Crippen LogP contribution in [0, 0.1) is 0 Å². The molecule has 0 aliphatic carbocycles. The normalized spacial score (nSPS) is 13.2. The van der Waals surface area contributed by atoms with Crippen LogP contribution in [0.25, 0.3) is 0 Å². The van der Waals surface area contributed by atoms with Crippen molar-refractivity contribution in [3.8, 4) is 0 Å². The second-order valence-electron chi connectivity index (χ2n) is 5.38. The minimum atomic E-state index is -0.225. The molecule has 1 rings (SSSR count). The highest BCUT2D eigenvalue weighted by molar-refractivity contribution is 5.66. The number of hydrogen-bond acceptors (Lipinski definition) is 2. The summed E-state index contributed by atoms with van der Waals surface area (Å²) in [4.78, 5) is 11.0. The maximum Gasteiger partial charge on any atom is 0.303 e. The van der Waals surface area contributed by atoms with Crippen molar-refractivity contribution in [2.75, 3.05) is 0 Å². The largest absolute Gasteiger partial charge is 0.458 e. The zero-order valence-electron chi connectivity index (χ0n) is 11.4. The van der Waals surface area contributed by atoms with Crippen molar-refractivity contribution in [1.29, 1.82) is 0 Å². The zero-order valence-corrected chi connectivity index (χ0v) is 11.4. The summed E-state index contributed by atoms with van der Waals surface area (Å²) in [6, 6.07) is 8.33. The van der Waals surface area contributed by atoms with Crippen LogP contribution in [0.1, 0.15) is 58.3 Å². The molecule has 0 saturated heterocycles. The van der Waals surface area contributed by atoms with Crippen molar-refractivity contribution in [3.63, 3.8) is 0 Å². The Hall–Kier alpha value is -1.31. The highest BCUT2D eigenvalue weighted by atomic mass is 16.5. The van der Waals surface area contributed by atoms with Gasteiger partial charge in [-0.1, -0.05) is 52.0 Å². The SMILES string of the molecule is CCC(OC(C)=O)c1ccc(C(C)(C)C)cc1. The summed E-state index contributed by atoms with van der Waals surface area (Å²) >= 11 is 0. The molecule has 0 bridgehead atoms. The minimum absolute atomic E-state index is 0.124. The molecule has 0 heterocycles. The van der Waals surface area contributed by atoms with E-state index < -0.39 is 0 Å². The number of carbonyl (C=O) groups is 1. The van der Waals surface area contributed by atoms with E-state index in [1.807, 2.05) is 6.92 Å². The number of ether oxygens (including phenoxy) is 1. The van der Waals surface area contributed by atoms with E-state index >= 15 is 0 Å². The molecule has 2 heteroatoms. The molecule has 0 aromatic heterocycles. The summed E-state index contributed by atoms with van der Waals surface area (Å²) < 4.78 is 5.27. The molecular weight excluding hydrogens is 212 g/mol. The first-order chi connectivity index (χ1) is 7.84. The first kappa shape index (κ1) is 13.8. The molecule has 0 saturated carbocycles. The second-order valence-corrected chi connectivity index (χ2v) is 5.38. The monoisotopic (exact) mass is 234 g/mol. The summed E-state index contributed by atoms with van der Waals surface area (Å²) in [5, 5.41) is 0. The highest BCUT2D eigenvalue weighted by Gasteiger charge is 2.16. The third-order valence-corrected chi connectivity index (χ3v) is 2.83. The van der Waals surface area contributed by atoms with Gasteiger partial charge in [0.15, 0.2) is 0 Å². The Labute approximate surface area is 104 Å². The summed E-state index contributed by atoms with van der Waals surface area (Å²) in [5.74, 6) is -0.225. The third kappa shape index (κ3) is 3.88. The molecule has 17 heavy (non-hydrogen) atoms. The minimum Gasteiger partial charge on any atom is -0.458 e. The number of esters is 1. The van der Waals surface area contributed by atoms with Gasteiger partial charge in [0.2, 0.25) is 0 Å². The van der Waals surface area contributed by atoms with Crippen LogP contribution in [0.2, 0.25) is 0 Å². The van der Waals surface area contributed by atoms with Crippen LogP contribution in [-0.2, 0) is 14.9 Å². The third-order valence-electron chi connectivity index (χ3n) is 2.83. The summed E-state index contributed by atoms with van der Waals surface area (Å²) in [7, 11) is 0. The Morgan fingerprint density at radius 3 is 2.12 bits per heavy atom. The summed E-state index contributed by atoms with van der Waals surface area (Å²) in [6.45, 7) is 10.0. The van der Waals surface area contributed by atoms with E-state index in [0.29, 0.717) is 0 Å². The van der Waals surface area contributed by atoms with Gasteiger partial charge in [0.1, 0.15) is 6.10 Å².